The Morgan fingerprint density at radius 3 is 2.58 bits per heavy atom. The van der Waals surface area contributed by atoms with Crippen molar-refractivity contribution in [2.45, 2.75) is 20.3 Å². The molecule has 0 unspecified atom stereocenters. The van der Waals surface area contributed by atoms with Gasteiger partial charge in [0.1, 0.15) is 0 Å². The van der Waals surface area contributed by atoms with E-state index in [4.69, 9.17) is 4.74 Å². The Bertz CT molecular complexity index is 253. The zero-order chi connectivity index (χ0) is 8.97. The molecule has 0 saturated carbocycles. The van der Waals surface area contributed by atoms with Crippen LogP contribution in [0.1, 0.15) is 16.7 Å². The van der Waals surface area contributed by atoms with Crippen LogP contribution in [-0.2, 0) is 11.2 Å². The van der Waals surface area contributed by atoms with Crippen LogP contribution in [0.25, 0.3) is 0 Å². The molecule has 66 valence electrons. The van der Waals surface area contributed by atoms with Gasteiger partial charge in [-0.05, 0) is 31.4 Å². The van der Waals surface area contributed by atoms with Crippen molar-refractivity contribution in [3.8, 4) is 0 Å². The molecule has 0 amide bonds. The maximum Gasteiger partial charge on any atom is 0.0502 e. The minimum atomic E-state index is 0.809. The van der Waals surface area contributed by atoms with Crippen LogP contribution in [0.3, 0.4) is 0 Å². The van der Waals surface area contributed by atoms with Gasteiger partial charge < -0.3 is 4.74 Å². The molecule has 0 aliphatic heterocycles. The molecule has 0 N–H and O–H groups in total. The molecule has 0 radical (unpaired) electrons. The van der Waals surface area contributed by atoms with Gasteiger partial charge in [-0.25, -0.2) is 0 Å². The number of aryl methyl sites for hydroxylation is 2. The van der Waals surface area contributed by atoms with Crippen molar-refractivity contribution in [1.29, 1.82) is 0 Å². The lowest BCUT2D eigenvalue weighted by atomic mass is 10.0. The Morgan fingerprint density at radius 2 is 2.00 bits per heavy atom. The summed E-state index contributed by atoms with van der Waals surface area (Å²) in [6, 6.07) is 6.55. The van der Waals surface area contributed by atoms with Gasteiger partial charge in [0.2, 0.25) is 0 Å². The van der Waals surface area contributed by atoms with E-state index >= 15 is 0 Å². The van der Waals surface area contributed by atoms with Gasteiger partial charge in [0, 0.05) is 7.11 Å². The first-order valence-corrected chi connectivity index (χ1v) is 4.29. The molecule has 1 aromatic rings. The SMILES string of the molecule is COCCc1ccc(C)cc1C. The molecular weight excluding hydrogens is 148 g/mol. The zero-order valence-electron chi connectivity index (χ0n) is 8.05. The third-order valence-electron chi connectivity index (χ3n) is 2.07. The summed E-state index contributed by atoms with van der Waals surface area (Å²) in [5, 5.41) is 0. The first-order valence-electron chi connectivity index (χ1n) is 4.29. The third kappa shape index (κ3) is 2.35. The largest absolute Gasteiger partial charge is 0.384 e. The van der Waals surface area contributed by atoms with E-state index in [0.717, 1.165) is 13.0 Å². The fourth-order valence-corrected chi connectivity index (χ4v) is 1.34. The molecule has 0 heterocycles. The van der Waals surface area contributed by atoms with Gasteiger partial charge in [0.15, 0.2) is 0 Å². The first kappa shape index (κ1) is 9.27. The van der Waals surface area contributed by atoms with Gasteiger partial charge in [-0.15, -0.1) is 0 Å². The van der Waals surface area contributed by atoms with E-state index in [1.807, 2.05) is 0 Å². The molecule has 0 atom stereocenters. The first-order chi connectivity index (χ1) is 5.74. The number of hydrogen-bond acceptors (Lipinski definition) is 1. The van der Waals surface area contributed by atoms with E-state index in [0.29, 0.717) is 0 Å². The smallest absolute Gasteiger partial charge is 0.0502 e. The van der Waals surface area contributed by atoms with Gasteiger partial charge in [-0.3, -0.25) is 0 Å². The molecule has 1 rings (SSSR count). The topological polar surface area (TPSA) is 9.23 Å². The lowest BCUT2D eigenvalue weighted by Crippen LogP contribution is -1.96. The Kier molecular flexibility index (Phi) is 3.30. The number of ether oxygens (including phenoxy) is 1. The van der Waals surface area contributed by atoms with Gasteiger partial charge >= 0.3 is 0 Å². The normalized spacial score (nSPS) is 10.2. The van der Waals surface area contributed by atoms with Crippen LogP contribution in [0.2, 0.25) is 0 Å². The molecule has 1 aromatic carbocycles. The maximum absolute atomic E-state index is 5.03. The van der Waals surface area contributed by atoms with Crippen LogP contribution in [0, 0.1) is 13.8 Å². The molecule has 12 heavy (non-hydrogen) atoms. The van der Waals surface area contributed by atoms with Crippen LogP contribution in [-0.4, -0.2) is 13.7 Å². The predicted octanol–water partition coefficient (Wildman–Crippen LogP) is 2.49. The van der Waals surface area contributed by atoms with E-state index in [9.17, 15) is 0 Å². The van der Waals surface area contributed by atoms with Crippen molar-refractivity contribution in [2.24, 2.45) is 0 Å². The number of methoxy groups -OCH3 is 1. The number of benzene rings is 1. The van der Waals surface area contributed by atoms with Crippen LogP contribution in [0.15, 0.2) is 18.2 Å². The molecule has 0 aliphatic rings. The number of rotatable bonds is 3. The predicted molar refractivity (Wildman–Crippen MR) is 51.5 cm³/mol. The van der Waals surface area contributed by atoms with E-state index in [2.05, 4.69) is 32.0 Å². The van der Waals surface area contributed by atoms with E-state index in [-0.39, 0.29) is 0 Å². The summed E-state index contributed by atoms with van der Waals surface area (Å²) in [5.74, 6) is 0. The highest BCUT2D eigenvalue weighted by atomic mass is 16.5. The average Bonchev–Trinajstić information content (AvgIpc) is 2.03. The van der Waals surface area contributed by atoms with Crippen molar-refractivity contribution in [2.75, 3.05) is 13.7 Å². The van der Waals surface area contributed by atoms with E-state index < -0.39 is 0 Å². The van der Waals surface area contributed by atoms with Crippen LogP contribution in [0.4, 0.5) is 0 Å². The summed E-state index contributed by atoms with van der Waals surface area (Å²) in [4.78, 5) is 0. The summed E-state index contributed by atoms with van der Waals surface area (Å²) in [6.45, 7) is 5.08. The van der Waals surface area contributed by atoms with Gasteiger partial charge in [-0.1, -0.05) is 23.8 Å². The standard InChI is InChI=1S/C11H16O/c1-9-4-5-11(6-7-12-3)10(2)8-9/h4-5,8H,6-7H2,1-3H3. The monoisotopic (exact) mass is 164 g/mol. The summed E-state index contributed by atoms with van der Waals surface area (Å²) in [5.41, 5.74) is 4.09. The van der Waals surface area contributed by atoms with Crippen molar-refractivity contribution in [3.63, 3.8) is 0 Å². The maximum atomic E-state index is 5.03. The highest BCUT2D eigenvalue weighted by Gasteiger charge is 1.96. The Morgan fingerprint density at radius 1 is 1.25 bits per heavy atom. The molecule has 0 fully saturated rings. The van der Waals surface area contributed by atoms with Gasteiger partial charge in [0.25, 0.3) is 0 Å². The summed E-state index contributed by atoms with van der Waals surface area (Å²) < 4.78 is 5.03. The quantitative estimate of drug-likeness (QED) is 0.667. The average molecular weight is 164 g/mol. The highest BCUT2D eigenvalue weighted by Crippen LogP contribution is 2.10. The fourth-order valence-electron chi connectivity index (χ4n) is 1.34. The Labute approximate surface area is 74.4 Å². The Hall–Kier alpha value is -0.820. The molecule has 1 heteroatoms. The molecule has 0 aliphatic carbocycles. The van der Waals surface area contributed by atoms with Gasteiger partial charge in [0.05, 0.1) is 6.61 Å². The molecule has 0 aromatic heterocycles. The van der Waals surface area contributed by atoms with Gasteiger partial charge in [-0.2, -0.15) is 0 Å². The highest BCUT2D eigenvalue weighted by molar-refractivity contribution is 5.30. The fraction of sp³-hybridized carbons (Fsp3) is 0.455. The molecule has 1 nitrogen and oxygen atoms in total. The lowest BCUT2D eigenvalue weighted by molar-refractivity contribution is 0.202. The molecule has 0 spiro atoms. The second-order valence-corrected chi connectivity index (χ2v) is 3.17. The van der Waals surface area contributed by atoms with E-state index in [1.165, 1.54) is 16.7 Å². The number of hydrogen-bond donors (Lipinski definition) is 0. The van der Waals surface area contributed by atoms with Crippen LogP contribution >= 0.6 is 0 Å². The molecule has 0 saturated heterocycles. The minimum absolute atomic E-state index is 0.809. The molecular formula is C11H16O. The van der Waals surface area contributed by atoms with Crippen molar-refractivity contribution in [3.05, 3.63) is 34.9 Å². The zero-order valence-corrected chi connectivity index (χ0v) is 8.05. The molecule has 0 bridgehead atoms. The third-order valence-corrected chi connectivity index (χ3v) is 2.07. The van der Waals surface area contributed by atoms with Crippen LogP contribution in [0.5, 0.6) is 0 Å². The summed E-state index contributed by atoms with van der Waals surface area (Å²) in [6.07, 6.45) is 1.02. The second-order valence-electron chi connectivity index (χ2n) is 3.17. The Balaban J connectivity index is 2.72. The lowest BCUT2D eigenvalue weighted by Gasteiger charge is -2.05. The van der Waals surface area contributed by atoms with Crippen molar-refractivity contribution >= 4 is 0 Å². The minimum Gasteiger partial charge on any atom is -0.384 e. The summed E-state index contributed by atoms with van der Waals surface area (Å²) in [7, 11) is 1.74. The van der Waals surface area contributed by atoms with E-state index in [1.54, 1.807) is 7.11 Å². The van der Waals surface area contributed by atoms with Crippen molar-refractivity contribution in [1.82, 2.24) is 0 Å². The second kappa shape index (κ2) is 4.27. The van der Waals surface area contributed by atoms with Crippen LogP contribution < -0.4 is 0 Å². The van der Waals surface area contributed by atoms with Crippen molar-refractivity contribution < 1.29 is 4.74 Å². The summed E-state index contributed by atoms with van der Waals surface area (Å²) >= 11 is 0.